The summed E-state index contributed by atoms with van der Waals surface area (Å²) in [4.78, 5) is 14.4. The first kappa shape index (κ1) is 29.6. The summed E-state index contributed by atoms with van der Waals surface area (Å²) in [6, 6.07) is 7.02. The van der Waals surface area contributed by atoms with Gasteiger partial charge in [0.15, 0.2) is 5.65 Å². The summed E-state index contributed by atoms with van der Waals surface area (Å²) in [7, 11) is -4.47. The Morgan fingerprint density at radius 3 is 2.64 bits per heavy atom. The summed E-state index contributed by atoms with van der Waals surface area (Å²) in [6.45, 7) is 17.1. The minimum absolute atomic E-state index is 0.0346. The van der Waals surface area contributed by atoms with Gasteiger partial charge in [0.2, 0.25) is 10.0 Å². The molecule has 0 spiro atoms. The van der Waals surface area contributed by atoms with Crippen molar-refractivity contribution in [2.45, 2.75) is 79.0 Å². The number of nitrogens with one attached hydrogen (secondary N) is 1. The zero-order chi connectivity index (χ0) is 28.4. The number of pyridine rings is 1. The quantitative estimate of drug-likeness (QED) is 0.257. The van der Waals surface area contributed by atoms with Gasteiger partial charge in [0.05, 0.1) is 17.6 Å². The molecule has 1 aliphatic rings. The molecule has 0 saturated carbocycles. The van der Waals surface area contributed by atoms with E-state index in [2.05, 4.69) is 25.0 Å². The zero-order valence-electron chi connectivity index (χ0n) is 24.5. The average molecular weight is 573 g/mol. The Hall–Kier alpha value is -2.34. The fraction of sp³-hybridized carbons (Fsp3) is 0.607. The number of piperidine rings is 1. The van der Waals surface area contributed by atoms with Crippen molar-refractivity contribution in [1.29, 1.82) is 0 Å². The van der Waals surface area contributed by atoms with Crippen LogP contribution in [0.4, 0.5) is 5.82 Å². The Balaban J connectivity index is 1.51. The number of fused-ring (bicyclic) bond motifs is 1. The molecule has 11 heteroatoms. The standard InChI is InChI=1S/C28H44N6O3SSi/c1-21-10-11-23(25-17-29-27-24(32-25)12-14-33(27)20-37-15-16-39(5,6)7)26(30-21)31-22-9-8-13-34(18-22)38(35,36)19-28(2,3)4/h10-12,14,17,22H,8-9,13,15-16,18-20H2,1-7H3,(H,30,31). The molecule has 3 aromatic rings. The predicted octanol–water partition coefficient (Wildman–Crippen LogP) is 5.37. The highest BCUT2D eigenvalue weighted by Crippen LogP contribution is 2.29. The van der Waals surface area contributed by atoms with Crippen molar-refractivity contribution in [3.05, 3.63) is 36.3 Å². The van der Waals surface area contributed by atoms with E-state index < -0.39 is 18.1 Å². The lowest BCUT2D eigenvalue weighted by Crippen LogP contribution is -2.47. The molecule has 0 amide bonds. The van der Waals surface area contributed by atoms with Crippen LogP contribution < -0.4 is 5.32 Å². The van der Waals surface area contributed by atoms with Gasteiger partial charge in [-0.05, 0) is 49.4 Å². The lowest BCUT2D eigenvalue weighted by molar-refractivity contribution is 0.0899. The molecule has 0 radical (unpaired) electrons. The molecule has 0 aliphatic carbocycles. The normalized spacial score (nSPS) is 17.6. The van der Waals surface area contributed by atoms with E-state index in [9.17, 15) is 8.42 Å². The highest BCUT2D eigenvalue weighted by atomic mass is 32.2. The van der Waals surface area contributed by atoms with Crippen LogP contribution in [-0.2, 0) is 21.5 Å². The van der Waals surface area contributed by atoms with Crippen molar-refractivity contribution < 1.29 is 13.2 Å². The van der Waals surface area contributed by atoms with E-state index in [0.29, 0.717) is 25.6 Å². The molecular weight excluding hydrogens is 529 g/mol. The first-order valence-electron chi connectivity index (χ1n) is 13.8. The molecule has 1 N–H and O–H groups in total. The fourth-order valence-corrected chi connectivity index (χ4v) is 7.60. The maximum atomic E-state index is 13.1. The Morgan fingerprint density at radius 1 is 1.15 bits per heavy atom. The smallest absolute Gasteiger partial charge is 0.214 e. The number of hydrogen-bond donors (Lipinski definition) is 1. The van der Waals surface area contributed by atoms with E-state index in [1.54, 1.807) is 10.5 Å². The number of hydrogen-bond acceptors (Lipinski definition) is 7. The minimum Gasteiger partial charge on any atom is -0.365 e. The van der Waals surface area contributed by atoms with Crippen LogP contribution in [0.3, 0.4) is 0 Å². The van der Waals surface area contributed by atoms with Crippen LogP contribution in [-0.4, -0.2) is 71.8 Å². The summed E-state index contributed by atoms with van der Waals surface area (Å²) in [5, 5.41) is 3.55. The predicted molar refractivity (Wildman–Crippen MR) is 161 cm³/mol. The van der Waals surface area contributed by atoms with Crippen LogP contribution in [0.5, 0.6) is 0 Å². The molecule has 1 saturated heterocycles. The summed E-state index contributed by atoms with van der Waals surface area (Å²) in [5.41, 5.74) is 3.75. The van der Waals surface area contributed by atoms with Crippen molar-refractivity contribution in [1.82, 2.24) is 23.8 Å². The maximum absolute atomic E-state index is 13.1. The first-order valence-corrected chi connectivity index (χ1v) is 19.1. The molecule has 4 heterocycles. The number of aromatic nitrogens is 4. The largest absolute Gasteiger partial charge is 0.365 e. The van der Waals surface area contributed by atoms with Gasteiger partial charge in [0.1, 0.15) is 18.1 Å². The molecule has 9 nitrogen and oxygen atoms in total. The topological polar surface area (TPSA) is 102 Å². The molecule has 4 rings (SSSR count). The van der Waals surface area contributed by atoms with E-state index in [-0.39, 0.29) is 17.2 Å². The number of ether oxygens (including phenoxy) is 1. The molecule has 3 aromatic heterocycles. The second-order valence-electron chi connectivity index (χ2n) is 13.1. The molecular formula is C28H44N6O3SSi. The van der Waals surface area contributed by atoms with E-state index >= 15 is 0 Å². The first-order chi connectivity index (χ1) is 18.2. The van der Waals surface area contributed by atoms with Gasteiger partial charge in [-0.25, -0.2) is 23.4 Å². The van der Waals surface area contributed by atoms with Crippen molar-refractivity contribution >= 4 is 35.1 Å². The van der Waals surface area contributed by atoms with E-state index in [4.69, 9.17) is 19.7 Å². The molecule has 1 aliphatic heterocycles. The minimum atomic E-state index is -3.33. The maximum Gasteiger partial charge on any atom is 0.214 e. The number of sulfonamides is 1. The molecule has 0 bridgehead atoms. The van der Waals surface area contributed by atoms with Gasteiger partial charge < -0.3 is 14.6 Å². The van der Waals surface area contributed by atoms with Gasteiger partial charge in [-0.2, -0.15) is 4.31 Å². The summed E-state index contributed by atoms with van der Waals surface area (Å²) in [5.74, 6) is 0.844. The molecule has 39 heavy (non-hydrogen) atoms. The average Bonchev–Trinajstić information content (AvgIpc) is 3.22. The lowest BCUT2D eigenvalue weighted by Gasteiger charge is -2.34. The Morgan fingerprint density at radius 2 is 1.92 bits per heavy atom. The number of anilines is 1. The van der Waals surface area contributed by atoms with Gasteiger partial charge in [-0.1, -0.05) is 40.4 Å². The van der Waals surface area contributed by atoms with Crippen LogP contribution in [0.15, 0.2) is 30.6 Å². The van der Waals surface area contributed by atoms with Gasteiger partial charge in [-0.3, -0.25) is 0 Å². The second kappa shape index (κ2) is 11.6. The monoisotopic (exact) mass is 572 g/mol. The highest BCUT2D eigenvalue weighted by molar-refractivity contribution is 7.89. The summed E-state index contributed by atoms with van der Waals surface area (Å²) < 4.78 is 35.6. The Labute approximate surface area is 234 Å². The van der Waals surface area contributed by atoms with Crippen molar-refractivity contribution in [2.75, 3.05) is 30.8 Å². The molecule has 1 atom stereocenters. The van der Waals surface area contributed by atoms with Crippen LogP contribution in [0.25, 0.3) is 22.4 Å². The molecule has 214 valence electrons. The third-order valence-electron chi connectivity index (χ3n) is 6.73. The third-order valence-corrected chi connectivity index (χ3v) is 10.8. The number of rotatable bonds is 10. The van der Waals surface area contributed by atoms with E-state index in [1.807, 2.05) is 56.7 Å². The molecule has 0 aromatic carbocycles. The van der Waals surface area contributed by atoms with E-state index in [1.165, 1.54) is 0 Å². The molecule has 1 unspecified atom stereocenters. The van der Waals surface area contributed by atoms with Gasteiger partial charge in [0.25, 0.3) is 0 Å². The Kier molecular flexibility index (Phi) is 8.85. The van der Waals surface area contributed by atoms with Crippen LogP contribution in [0.2, 0.25) is 25.7 Å². The molecule has 1 fully saturated rings. The highest BCUT2D eigenvalue weighted by Gasteiger charge is 2.32. The van der Waals surface area contributed by atoms with Crippen molar-refractivity contribution in [3.8, 4) is 11.3 Å². The van der Waals surface area contributed by atoms with Crippen molar-refractivity contribution in [3.63, 3.8) is 0 Å². The van der Waals surface area contributed by atoms with Gasteiger partial charge in [0, 0.05) is 51.3 Å². The lowest BCUT2D eigenvalue weighted by atomic mass is 10.0. The van der Waals surface area contributed by atoms with Gasteiger partial charge >= 0.3 is 0 Å². The zero-order valence-corrected chi connectivity index (χ0v) is 26.3. The fourth-order valence-electron chi connectivity index (χ4n) is 4.75. The van der Waals surface area contributed by atoms with Crippen LogP contribution in [0.1, 0.15) is 39.3 Å². The summed E-state index contributed by atoms with van der Waals surface area (Å²) >= 11 is 0. The van der Waals surface area contributed by atoms with Crippen LogP contribution in [0, 0.1) is 12.3 Å². The third kappa shape index (κ3) is 8.09. The SMILES string of the molecule is Cc1ccc(-c2cnc3c(ccn3COCC[Si](C)(C)C)n2)c(NC2CCCN(S(=O)(=O)CC(C)(C)C)C2)n1. The number of nitrogens with zero attached hydrogens (tertiary/aromatic N) is 5. The van der Waals surface area contributed by atoms with Crippen LogP contribution >= 0.6 is 0 Å². The van der Waals surface area contributed by atoms with E-state index in [0.717, 1.165) is 53.6 Å². The number of aryl methyl sites for hydroxylation is 1. The van der Waals surface area contributed by atoms with Crippen molar-refractivity contribution in [2.24, 2.45) is 5.41 Å². The van der Waals surface area contributed by atoms with Gasteiger partial charge in [-0.15, -0.1) is 0 Å². The summed E-state index contributed by atoms with van der Waals surface area (Å²) in [6.07, 6.45) is 5.42. The second-order valence-corrected chi connectivity index (χ2v) is 20.7. The Bertz CT molecular complexity index is 1390.